The highest BCUT2D eigenvalue weighted by Crippen LogP contribution is 2.55. The Bertz CT molecular complexity index is 562. The van der Waals surface area contributed by atoms with E-state index in [1.54, 1.807) is 14.2 Å². The molecule has 3 saturated heterocycles. The Morgan fingerprint density at radius 1 is 1.41 bits per heavy atom. The second kappa shape index (κ2) is 4.96. The summed E-state index contributed by atoms with van der Waals surface area (Å²) < 4.78 is 16.6. The fourth-order valence-corrected chi connectivity index (χ4v) is 4.36. The van der Waals surface area contributed by atoms with Crippen LogP contribution < -0.4 is 14.4 Å². The van der Waals surface area contributed by atoms with E-state index in [9.17, 15) is 5.11 Å². The summed E-state index contributed by atoms with van der Waals surface area (Å²) in [6.45, 7) is 1.83. The summed E-state index contributed by atoms with van der Waals surface area (Å²) >= 11 is 0. The van der Waals surface area contributed by atoms with Crippen LogP contribution in [0.5, 0.6) is 11.9 Å². The van der Waals surface area contributed by atoms with E-state index in [2.05, 4.69) is 14.9 Å². The molecule has 1 aromatic heterocycles. The fourth-order valence-electron chi connectivity index (χ4n) is 4.36. The molecule has 1 aromatic rings. The SMILES string of the molecule is COc1cc(N2C[C@H]3[C@@H](CO)[C@@H]4CC[C@@]3(C2)O4)nc(OC)n1. The molecule has 3 aliphatic rings. The molecule has 0 unspecified atom stereocenters. The van der Waals surface area contributed by atoms with Crippen LogP contribution in [0.3, 0.4) is 0 Å². The maximum absolute atomic E-state index is 9.69. The summed E-state index contributed by atoms with van der Waals surface area (Å²) in [6, 6.07) is 2.12. The van der Waals surface area contributed by atoms with Gasteiger partial charge in [0.1, 0.15) is 5.82 Å². The maximum Gasteiger partial charge on any atom is 0.321 e. The van der Waals surface area contributed by atoms with Crippen molar-refractivity contribution >= 4 is 5.82 Å². The van der Waals surface area contributed by atoms with Crippen LogP contribution >= 0.6 is 0 Å². The monoisotopic (exact) mass is 307 g/mol. The predicted octanol–water partition coefficient (Wildman–Crippen LogP) is 0.470. The van der Waals surface area contributed by atoms with Gasteiger partial charge in [-0.15, -0.1) is 0 Å². The van der Waals surface area contributed by atoms with E-state index in [1.807, 2.05) is 6.07 Å². The highest BCUT2D eigenvalue weighted by Gasteiger charge is 2.63. The Labute approximate surface area is 129 Å². The number of rotatable bonds is 4. The van der Waals surface area contributed by atoms with Gasteiger partial charge in [0.05, 0.1) is 25.9 Å². The smallest absolute Gasteiger partial charge is 0.321 e. The first-order valence-corrected chi connectivity index (χ1v) is 7.70. The van der Waals surface area contributed by atoms with Gasteiger partial charge in [-0.2, -0.15) is 9.97 Å². The lowest BCUT2D eigenvalue weighted by Gasteiger charge is -2.27. The second-order valence-corrected chi connectivity index (χ2v) is 6.35. The number of aliphatic hydroxyl groups excluding tert-OH is 1. The van der Waals surface area contributed by atoms with Gasteiger partial charge in [-0.25, -0.2) is 0 Å². The number of hydrogen-bond donors (Lipinski definition) is 1. The third-order valence-corrected chi connectivity index (χ3v) is 5.38. The van der Waals surface area contributed by atoms with Crippen molar-refractivity contribution < 1.29 is 19.3 Å². The minimum atomic E-state index is -0.122. The minimum Gasteiger partial charge on any atom is -0.481 e. The Hall–Kier alpha value is -1.60. The number of methoxy groups -OCH3 is 2. The Morgan fingerprint density at radius 2 is 2.27 bits per heavy atom. The lowest BCUT2D eigenvalue weighted by molar-refractivity contribution is 0.0128. The average molecular weight is 307 g/mol. The molecular formula is C15H21N3O4. The van der Waals surface area contributed by atoms with Gasteiger partial charge < -0.3 is 24.2 Å². The molecule has 1 N–H and O–H groups in total. The Kier molecular flexibility index (Phi) is 3.16. The third kappa shape index (κ3) is 1.88. The van der Waals surface area contributed by atoms with Gasteiger partial charge in [0, 0.05) is 37.6 Å². The molecule has 2 bridgehead atoms. The summed E-state index contributed by atoms with van der Waals surface area (Å²) in [5.41, 5.74) is -0.122. The molecule has 4 atom stereocenters. The standard InChI is InChI=1S/C15H21N3O4/c1-20-13-5-12(16-14(17-13)21-2)18-6-10-9(7-19)11-3-4-15(10,8-18)22-11/h5,9-11,19H,3-4,6-8H2,1-2H3/t9-,10+,11+,15+/m1/s1. The second-order valence-electron chi connectivity index (χ2n) is 6.35. The third-order valence-electron chi connectivity index (χ3n) is 5.38. The molecule has 7 nitrogen and oxygen atoms in total. The lowest BCUT2D eigenvalue weighted by atomic mass is 9.74. The van der Waals surface area contributed by atoms with Crippen molar-refractivity contribution in [2.75, 3.05) is 38.8 Å². The van der Waals surface area contributed by atoms with Crippen LogP contribution in [0.1, 0.15) is 12.8 Å². The van der Waals surface area contributed by atoms with E-state index >= 15 is 0 Å². The van der Waals surface area contributed by atoms with E-state index in [4.69, 9.17) is 14.2 Å². The van der Waals surface area contributed by atoms with Gasteiger partial charge in [0.15, 0.2) is 0 Å². The number of aromatic nitrogens is 2. The van der Waals surface area contributed by atoms with E-state index in [-0.39, 0.29) is 24.2 Å². The van der Waals surface area contributed by atoms with Crippen LogP contribution in [0.15, 0.2) is 6.07 Å². The van der Waals surface area contributed by atoms with Crippen LogP contribution in [0, 0.1) is 11.8 Å². The maximum atomic E-state index is 9.69. The first kappa shape index (κ1) is 14.0. The molecule has 7 heteroatoms. The van der Waals surface area contributed by atoms with E-state index in [0.29, 0.717) is 17.8 Å². The van der Waals surface area contributed by atoms with Crippen molar-refractivity contribution in [2.24, 2.45) is 11.8 Å². The first-order valence-electron chi connectivity index (χ1n) is 7.70. The van der Waals surface area contributed by atoms with Gasteiger partial charge in [-0.05, 0) is 12.8 Å². The summed E-state index contributed by atoms with van der Waals surface area (Å²) in [6.07, 6.45) is 2.34. The van der Waals surface area contributed by atoms with Crippen LogP contribution in [-0.4, -0.2) is 60.7 Å². The zero-order chi connectivity index (χ0) is 15.3. The zero-order valence-corrected chi connectivity index (χ0v) is 12.9. The van der Waals surface area contributed by atoms with Gasteiger partial charge in [0.25, 0.3) is 0 Å². The largest absolute Gasteiger partial charge is 0.481 e. The highest BCUT2D eigenvalue weighted by atomic mass is 16.5. The molecule has 4 heterocycles. The first-order chi connectivity index (χ1) is 10.7. The molecule has 3 aliphatic heterocycles. The van der Waals surface area contributed by atoms with Crippen molar-refractivity contribution in [3.05, 3.63) is 6.07 Å². The molecule has 0 aliphatic carbocycles. The Morgan fingerprint density at radius 3 is 3.00 bits per heavy atom. The normalized spacial score (nSPS) is 35.8. The summed E-state index contributed by atoms with van der Waals surface area (Å²) in [5.74, 6) is 1.88. The number of nitrogens with zero attached hydrogens (tertiary/aromatic N) is 3. The molecular weight excluding hydrogens is 286 g/mol. The molecule has 3 fully saturated rings. The summed E-state index contributed by atoms with van der Waals surface area (Å²) in [7, 11) is 3.12. The number of hydrogen-bond acceptors (Lipinski definition) is 7. The van der Waals surface area contributed by atoms with Gasteiger partial charge in [-0.3, -0.25) is 0 Å². The van der Waals surface area contributed by atoms with E-state index in [1.165, 1.54) is 0 Å². The van der Waals surface area contributed by atoms with Crippen molar-refractivity contribution in [2.45, 2.75) is 24.5 Å². The summed E-state index contributed by atoms with van der Waals surface area (Å²) in [4.78, 5) is 10.8. The van der Waals surface area contributed by atoms with Gasteiger partial charge >= 0.3 is 6.01 Å². The van der Waals surface area contributed by atoms with Crippen LogP contribution in [0.25, 0.3) is 0 Å². The number of aliphatic hydroxyl groups is 1. The molecule has 22 heavy (non-hydrogen) atoms. The predicted molar refractivity (Wildman–Crippen MR) is 78.3 cm³/mol. The molecule has 1 spiro atoms. The molecule has 4 rings (SSSR count). The van der Waals surface area contributed by atoms with Gasteiger partial charge in [-0.1, -0.05) is 0 Å². The van der Waals surface area contributed by atoms with E-state index in [0.717, 1.165) is 31.7 Å². The lowest BCUT2D eigenvalue weighted by Crippen LogP contribution is -2.37. The van der Waals surface area contributed by atoms with Crippen LogP contribution in [0.2, 0.25) is 0 Å². The topological polar surface area (TPSA) is 76.9 Å². The number of ether oxygens (including phenoxy) is 3. The molecule has 0 amide bonds. The van der Waals surface area contributed by atoms with Crippen molar-refractivity contribution in [1.29, 1.82) is 0 Å². The van der Waals surface area contributed by atoms with Gasteiger partial charge in [0.2, 0.25) is 5.88 Å². The fraction of sp³-hybridized carbons (Fsp3) is 0.733. The Balaban J connectivity index is 1.63. The molecule has 0 radical (unpaired) electrons. The van der Waals surface area contributed by atoms with Crippen molar-refractivity contribution in [1.82, 2.24) is 9.97 Å². The van der Waals surface area contributed by atoms with Crippen LogP contribution in [0.4, 0.5) is 5.82 Å². The molecule has 120 valence electrons. The number of anilines is 1. The van der Waals surface area contributed by atoms with E-state index < -0.39 is 0 Å². The van der Waals surface area contributed by atoms with Crippen molar-refractivity contribution in [3.63, 3.8) is 0 Å². The highest BCUT2D eigenvalue weighted by molar-refractivity contribution is 5.46. The molecule has 0 aromatic carbocycles. The number of fused-ring (bicyclic) bond motifs is 1. The zero-order valence-electron chi connectivity index (χ0n) is 12.9. The van der Waals surface area contributed by atoms with Crippen LogP contribution in [-0.2, 0) is 4.74 Å². The average Bonchev–Trinajstić information content (AvgIpc) is 3.21. The molecule has 0 saturated carbocycles. The quantitative estimate of drug-likeness (QED) is 0.866. The van der Waals surface area contributed by atoms with Crippen molar-refractivity contribution in [3.8, 4) is 11.9 Å². The minimum absolute atomic E-state index is 0.122. The summed E-state index contributed by atoms with van der Waals surface area (Å²) in [5, 5.41) is 9.69.